The Hall–Kier alpha value is -0.0800. The molecule has 0 aliphatic carbocycles. The Bertz CT molecular complexity index is 66.5. The van der Waals surface area contributed by atoms with Crippen LogP contribution in [0.3, 0.4) is 0 Å². The average molecular weight is 190 g/mol. The van der Waals surface area contributed by atoms with E-state index in [1.165, 1.54) is 12.8 Å². The molecule has 13 heavy (non-hydrogen) atoms. The molecule has 0 spiro atoms. The molecule has 0 radical (unpaired) electrons. The first kappa shape index (κ1) is 15.4. The van der Waals surface area contributed by atoms with E-state index in [1.54, 1.807) is 0 Å². The van der Waals surface area contributed by atoms with E-state index in [-0.39, 0.29) is 6.61 Å². The van der Waals surface area contributed by atoms with Gasteiger partial charge in [0.2, 0.25) is 0 Å². The largest absolute Gasteiger partial charge is 0.394 e. The van der Waals surface area contributed by atoms with Crippen LogP contribution in [0.15, 0.2) is 0 Å². The highest BCUT2D eigenvalue weighted by molar-refractivity contribution is 4.54. The average Bonchev–Trinajstić information content (AvgIpc) is 2.21. The summed E-state index contributed by atoms with van der Waals surface area (Å²) in [4.78, 5) is 0. The zero-order valence-corrected chi connectivity index (χ0v) is 9.68. The van der Waals surface area contributed by atoms with E-state index in [1.807, 2.05) is 13.8 Å². The van der Waals surface area contributed by atoms with Gasteiger partial charge in [-0.3, -0.25) is 0 Å². The second-order valence-electron chi connectivity index (χ2n) is 2.77. The summed E-state index contributed by atoms with van der Waals surface area (Å²) in [5, 5.41) is 8.51. The fourth-order valence-corrected chi connectivity index (χ4v) is 1.06. The Morgan fingerprint density at radius 2 is 1.85 bits per heavy atom. The van der Waals surface area contributed by atoms with Gasteiger partial charge in [0, 0.05) is 0 Å². The van der Waals surface area contributed by atoms with E-state index in [9.17, 15) is 0 Å². The molecule has 0 aromatic heterocycles. The lowest BCUT2D eigenvalue weighted by Crippen LogP contribution is -2.14. The molecule has 0 saturated carbocycles. The van der Waals surface area contributed by atoms with Crippen LogP contribution in [0.25, 0.3) is 0 Å². The first-order valence-corrected chi connectivity index (χ1v) is 5.57. The number of ether oxygens (including phenoxy) is 1. The molecule has 0 amide bonds. The first-order chi connectivity index (χ1) is 6.35. The fourth-order valence-electron chi connectivity index (χ4n) is 1.06. The van der Waals surface area contributed by atoms with Crippen molar-refractivity contribution in [3.8, 4) is 0 Å². The molecule has 0 aliphatic heterocycles. The smallest absolute Gasteiger partial charge is 0.0701 e. The minimum atomic E-state index is 0.141. The van der Waals surface area contributed by atoms with Crippen LogP contribution < -0.4 is 0 Å². The molecule has 0 fully saturated rings. The zero-order valence-electron chi connectivity index (χ0n) is 9.68. The summed E-state index contributed by atoms with van der Waals surface area (Å²) >= 11 is 0. The van der Waals surface area contributed by atoms with E-state index >= 15 is 0 Å². The number of rotatable bonds is 7. The molecule has 0 heterocycles. The maximum absolute atomic E-state index is 8.51. The summed E-state index contributed by atoms with van der Waals surface area (Å²) in [7, 11) is 0. The van der Waals surface area contributed by atoms with Gasteiger partial charge >= 0.3 is 0 Å². The predicted molar refractivity (Wildman–Crippen MR) is 58.0 cm³/mol. The van der Waals surface area contributed by atoms with Crippen molar-refractivity contribution in [3.63, 3.8) is 0 Å². The van der Waals surface area contributed by atoms with E-state index in [2.05, 4.69) is 13.8 Å². The highest BCUT2D eigenvalue weighted by Crippen LogP contribution is 2.07. The normalized spacial score (nSPS) is 11.8. The summed E-state index contributed by atoms with van der Waals surface area (Å²) in [5.41, 5.74) is 0. The summed E-state index contributed by atoms with van der Waals surface area (Å²) in [6, 6.07) is 0. The topological polar surface area (TPSA) is 29.5 Å². The van der Waals surface area contributed by atoms with Gasteiger partial charge in [-0.05, 0) is 12.8 Å². The van der Waals surface area contributed by atoms with Gasteiger partial charge in [-0.1, -0.05) is 40.5 Å². The predicted octanol–water partition coefficient (Wildman–Crippen LogP) is 2.99. The van der Waals surface area contributed by atoms with Crippen LogP contribution in [-0.4, -0.2) is 24.4 Å². The van der Waals surface area contributed by atoms with E-state index < -0.39 is 0 Å². The third-order valence-corrected chi connectivity index (χ3v) is 1.78. The van der Waals surface area contributed by atoms with Crippen LogP contribution in [0.1, 0.15) is 53.4 Å². The van der Waals surface area contributed by atoms with Gasteiger partial charge in [-0.25, -0.2) is 0 Å². The van der Waals surface area contributed by atoms with Crippen LogP contribution >= 0.6 is 0 Å². The molecule has 1 atom stereocenters. The molecule has 0 saturated heterocycles. The van der Waals surface area contributed by atoms with Crippen molar-refractivity contribution in [2.75, 3.05) is 13.2 Å². The third kappa shape index (κ3) is 11.9. The molecular formula is C11H26O2. The SMILES string of the molecule is CC.CCCC[C@@H](CC)OCCO. The standard InChI is InChI=1S/C9H20O2.C2H6/c1-3-5-6-9(4-2)11-8-7-10;1-2/h9-10H,3-8H2,1-2H3;1-2H3/t9-;/m1./s1. The second kappa shape index (κ2) is 14.4. The van der Waals surface area contributed by atoms with Gasteiger partial charge in [0.05, 0.1) is 19.3 Å². The Balaban J connectivity index is 0. The van der Waals surface area contributed by atoms with Crippen LogP contribution in [0, 0.1) is 0 Å². The van der Waals surface area contributed by atoms with E-state index in [4.69, 9.17) is 9.84 Å². The first-order valence-electron chi connectivity index (χ1n) is 5.57. The van der Waals surface area contributed by atoms with Crippen LogP contribution in [-0.2, 0) is 4.74 Å². The van der Waals surface area contributed by atoms with Crippen molar-refractivity contribution in [1.29, 1.82) is 0 Å². The van der Waals surface area contributed by atoms with Gasteiger partial charge in [0.1, 0.15) is 0 Å². The second-order valence-corrected chi connectivity index (χ2v) is 2.77. The van der Waals surface area contributed by atoms with Gasteiger partial charge in [0.15, 0.2) is 0 Å². The zero-order chi connectivity index (χ0) is 10.5. The Morgan fingerprint density at radius 3 is 2.23 bits per heavy atom. The van der Waals surface area contributed by atoms with Crippen molar-refractivity contribution in [2.45, 2.75) is 59.5 Å². The van der Waals surface area contributed by atoms with E-state index in [0.717, 1.165) is 12.8 Å². The number of aliphatic hydroxyl groups is 1. The highest BCUT2D eigenvalue weighted by atomic mass is 16.5. The molecule has 82 valence electrons. The minimum absolute atomic E-state index is 0.141. The molecule has 0 bridgehead atoms. The highest BCUT2D eigenvalue weighted by Gasteiger charge is 2.03. The molecule has 0 aromatic rings. The van der Waals surface area contributed by atoms with Gasteiger partial charge in [-0.15, -0.1) is 0 Å². The minimum Gasteiger partial charge on any atom is -0.394 e. The number of unbranched alkanes of at least 4 members (excludes halogenated alkanes) is 1. The van der Waals surface area contributed by atoms with Crippen LogP contribution in [0.5, 0.6) is 0 Å². The Kier molecular flexibility index (Phi) is 17.1. The summed E-state index contributed by atoms with van der Waals surface area (Å²) in [6.45, 7) is 8.93. The van der Waals surface area contributed by atoms with Crippen molar-refractivity contribution < 1.29 is 9.84 Å². The molecular weight excluding hydrogens is 164 g/mol. The Morgan fingerprint density at radius 1 is 1.23 bits per heavy atom. The lowest BCUT2D eigenvalue weighted by molar-refractivity contribution is 0.0210. The molecule has 0 unspecified atom stereocenters. The molecule has 2 heteroatoms. The summed E-state index contributed by atoms with van der Waals surface area (Å²) in [6.07, 6.45) is 5.00. The quantitative estimate of drug-likeness (QED) is 0.668. The van der Waals surface area contributed by atoms with Crippen molar-refractivity contribution in [2.24, 2.45) is 0 Å². The molecule has 1 N–H and O–H groups in total. The Labute approximate surface area is 83.3 Å². The lowest BCUT2D eigenvalue weighted by atomic mass is 10.1. The summed E-state index contributed by atoms with van der Waals surface area (Å²) in [5.74, 6) is 0. The maximum Gasteiger partial charge on any atom is 0.0701 e. The van der Waals surface area contributed by atoms with Crippen molar-refractivity contribution in [3.05, 3.63) is 0 Å². The molecule has 0 rings (SSSR count). The lowest BCUT2D eigenvalue weighted by Gasteiger charge is -2.14. The number of hydrogen-bond acceptors (Lipinski definition) is 2. The fraction of sp³-hybridized carbons (Fsp3) is 1.00. The van der Waals surface area contributed by atoms with Crippen LogP contribution in [0.4, 0.5) is 0 Å². The van der Waals surface area contributed by atoms with Crippen molar-refractivity contribution in [1.82, 2.24) is 0 Å². The van der Waals surface area contributed by atoms with Gasteiger partial charge < -0.3 is 9.84 Å². The van der Waals surface area contributed by atoms with Gasteiger partial charge in [0.25, 0.3) is 0 Å². The monoisotopic (exact) mass is 190 g/mol. The third-order valence-electron chi connectivity index (χ3n) is 1.78. The number of hydrogen-bond donors (Lipinski definition) is 1. The van der Waals surface area contributed by atoms with Crippen molar-refractivity contribution >= 4 is 0 Å². The maximum atomic E-state index is 8.51. The summed E-state index contributed by atoms with van der Waals surface area (Å²) < 4.78 is 5.39. The molecule has 0 aromatic carbocycles. The van der Waals surface area contributed by atoms with Gasteiger partial charge in [-0.2, -0.15) is 0 Å². The molecule has 0 aliphatic rings. The van der Waals surface area contributed by atoms with Crippen LogP contribution in [0.2, 0.25) is 0 Å². The number of aliphatic hydroxyl groups excluding tert-OH is 1. The molecule has 2 nitrogen and oxygen atoms in total. The van der Waals surface area contributed by atoms with E-state index in [0.29, 0.717) is 12.7 Å².